The molecule has 0 unspecified atom stereocenters. The molecule has 0 spiro atoms. The van der Waals surface area contributed by atoms with Gasteiger partial charge in [0.05, 0.1) is 17.2 Å². The molecule has 5 rings (SSSR count). The predicted octanol–water partition coefficient (Wildman–Crippen LogP) is 4.03. The summed E-state index contributed by atoms with van der Waals surface area (Å²) < 4.78 is 20.1. The zero-order valence-electron chi connectivity index (χ0n) is 18.6. The second-order valence-electron chi connectivity index (χ2n) is 8.21. The number of aromatic nitrogens is 2. The van der Waals surface area contributed by atoms with Gasteiger partial charge >= 0.3 is 5.97 Å². The van der Waals surface area contributed by atoms with Gasteiger partial charge in [0.15, 0.2) is 0 Å². The number of cyclic esters (lactones) is 1. The van der Waals surface area contributed by atoms with Gasteiger partial charge in [-0.2, -0.15) is 0 Å². The lowest BCUT2D eigenvalue weighted by Crippen LogP contribution is -2.40. The molecule has 0 radical (unpaired) electrons. The fourth-order valence-electron chi connectivity index (χ4n) is 4.49. The molecule has 0 bridgehead atoms. The Labute approximate surface area is 196 Å². The molecule has 2 aromatic carbocycles. The lowest BCUT2D eigenvalue weighted by atomic mass is 10.0. The van der Waals surface area contributed by atoms with E-state index in [-0.39, 0.29) is 17.5 Å². The predicted molar refractivity (Wildman–Crippen MR) is 125 cm³/mol. The molecule has 0 saturated carbocycles. The first-order valence-corrected chi connectivity index (χ1v) is 11.2. The van der Waals surface area contributed by atoms with Gasteiger partial charge in [-0.3, -0.25) is 4.79 Å². The molecule has 34 heavy (non-hydrogen) atoms. The molecule has 0 N–H and O–H groups in total. The Morgan fingerprint density at radius 1 is 1.18 bits per heavy atom. The van der Waals surface area contributed by atoms with Crippen LogP contribution in [0.25, 0.3) is 11.8 Å². The van der Waals surface area contributed by atoms with E-state index in [0.717, 1.165) is 6.42 Å². The number of nitrogens with zero attached hydrogens (tertiary/aromatic N) is 4. The van der Waals surface area contributed by atoms with Crippen LogP contribution in [0.4, 0.5) is 10.3 Å². The van der Waals surface area contributed by atoms with Crippen LogP contribution in [0.3, 0.4) is 0 Å². The van der Waals surface area contributed by atoms with Crippen LogP contribution in [-0.2, 0) is 4.74 Å². The maximum atomic E-state index is 14.7. The molecule has 172 valence electrons. The zero-order chi connectivity index (χ0) is 23.7. The molecule has 3 heterocycles. The molecule has 1 amide bonds. The molecule has 1 saturated heterocycles. The standard InChI is InChI=1S/C26H23FN4O3/c1-2-31(26-28-11-5-12-29-26)18-10-13-30(16-18)24(32)21-14-17(8-9-22(21)27)15-23-19-6-3-4-7-20(19)25(33)34-23/h3-9,11-12,14-15,18H,2,10,13,16H2,1H3/b23-15-/t18-/m0/s1. The van der Waals surface area contributed by atoms with E-state index in [1.54, 1.807) is 53.7 Å². The Morgan fingerprint density at radius 3 is 2.71 bits per heavy atom. The second-order valence-corrected chi connectivity index (χ2v) is 8.21. The van der Waals surface area contributed by atoms with Crippen LogP contribution in [0.15, 0.2) is 60.9 Å². The average molecular weight is 458 g/mol. The number of hydrogen-bond acceptors (Lipinski definition) is 6. The number of esters is 1. The van der Waals surface area contributed by atoms with Crippen molar-refractivity contribution in [1.82, 2.24) is 14.9 Å². The smallest absolute Gasteiger partial charge is 0.344 e. The Morgan fingerprint density at radius 2 is 1.94 bits per heavy atom. The van der Waals surface area contributed by atoms with Gasteiger partial charge in [0, 0.05) is 37.6 Å². The molecule has 2 aliphatic heterocycles. The molecule has 1 atom stereocenters. The highest BCUT2D eigenvalue weighted by Crippen LogP contribution is 2.31. The quantitative estimate of drug-likeness (QED) is 0.538. The van der Waals surface area contributed by atoms with Crippen molar-refractivity contribution < 1.29 is 18.7 Å². The maximum absolute atomic E-state index is 14.7. The number of halogens is 1. The molecular weight excluding hydrogens is 435 g/mol. The molecular formula is C26H23FN4O3. The second kappa shape index (κ2) is 9.05. The minimum Gasteiger partial charge on any atom is -0.422 e. The van der Waals surface area contributed by atoms with Crippen molar-refractivity contribution >= 4 is 29.7 Å². The van der Waals surface area contributed by atoms with Crippen molar-refractivity contribution in [2.75, 3.05) is 24.5 Å². The number of carbonyl (C=O) groups excluding carboxylic acids is 2. The third-order valence-electron chi connectivity index (χ3n) is 6.17. The van der Waals surface area contributed by atoms with E-state index in [2.05, 4.69) is 14.9 Å². The first-order chi connectivity index (χ1) is 16.5. The number of anilines is 1. The van der Waals surface area contributed by atoms with Crippen LogP contribution in [0, 0.1) is 5.82 Å². The average Bonchev–Trinajstić information content (AvgIpc) is 3.47. The van der Waals surface area contributed by atoms with E-state index in [1.165, 1.54) is 12.1 Å². The zero-order valence-corrected chi connectivity index (χ0v) is 18.6. The topological polar surface area (TPSA) is 75.6 Å². The van der Waals surface area contributed by atoms with Gasteiger partial charge < -0.3 is 14.5 Å². The van der Waals surface area contributed by atoms with Gasteiger partial charge in [-0.1, -0.05) is 24.3 Å². The minimum absolute atomic E-state index is 0.00776. The van der Waals surface area contributed by atoms with Crippen molar-refractivity contribution in [2.24, 2.45) is 0 Å². The lowest BCUT2D eigenvalue weighted by Gasteiger charge is -2.27. The Kier molecular flexibility index (Phi) is 5.79. The number of fused-ring (bicyclic) bond motifs is 1. The van der Waals surface area contributed by atoms with Gasteiger partial charge in [-0.15, -0.1) is 0 Å². The highest BCUT2D eigenvalue weighted by molar-refractivity contribution is 6.05. The molecule has 2 aliphatic rings. The third kappa shape index (κ3) is 4.03. The molecule has 1 aromatic heterocycles. The summed E-state index contributed by atoms with van der Waals surface area (Å²) in [6, 6.07) is 13.2. The third-order valence-corrected chi connectivity index (χ3v) is 6.17. The van der Waals surface area contributed by atoms with E-state index in [9.17, 15) is 14.0 Å². The van der Waals surface area contributed by atoms with Crippen molar-refractivity contribution in [3.05, 3.63) is 89.0 Å². The molecule has 1 fully saturated rings. The number of hydrogen-bond donors (Lipinski definition) is 0. The van der Waals surface area contributed by atoms with Gasteiger partial charge in [-0.25, -0.2) is 19.2 Å². The van der Waals surface area contributed by atoms with Crippen molar-refractivity contribution in [1.29, 1.82) is 0 Å². The number of amides is 1. The number of ether oxygens (including phenoxy) is 1. The molecule has 7 nitrogen and oxygen atoms in total. The van der Waals surface area contributed by atoms with Crippen LogP contribution in [0.2, 0.25) is 0 Å². The van der Waals surface area contributed by atoms with E-state index in [4.69, 9.17) is 4.74 Å². The highest BCUT2D eigenvalue weighted by Gasteiger charge is 2.32. The van der Waals surface area contributed by atoms with Crippen molar-refractivity contribution in [3.63, 3.8) is 0 Å². The van der Waals surface area contributed by atoms with Gasteiger partial charge in [0.25, 0.3) is 5.91 Å². The van der Waals surface area contributed by atoms with Crippen LogP contribution < -0.4 is 4.90 Å². The van der Waals surface area contributed by atoms with Gasteiger partial charge in [0.1, 0.15) is 11.6 Å². The maximum Gasteiger partial charge on any atom is 0.344 e. The SMILES string of the molecule is CCN(c1ncccn1)[C@H]1CCN(C(=O)c2cc(/C=C3\OC(=O)c4ccccc43)ccc2F)C1. The Bertz CT molecular complexity index is 1280. The first kappa shape index (κ1) is 21.8. The highest BCUT2D eigenvalue weighted by atomic mass is 19.1. The summed E-state index contributed by atoms with van der Waals surface area (Å²) in [5.41, 5.74) is 1.73. The molecule has 3 aromatic rings. The van der Waals surface area contributed by atoms with Crippen molar-refractivity contribution in [2.45, 2.75) is 19.4 Å². The normalized spacial score (nSPS) is 18.2. The summed E-state index contributed by atoms with van der Waals surface area (Å²) in [6.07, 6.45) is 5.78. The van der Waals surface area contributed by atoms with E-state index < -0.39 is 11.8 Å². The Hall–Kier alpha value is -4.07. The number of benzene rings is 2. The monoisotopic (exact) mass is 458 g/mol. The van der Waals surface area contributed by atoms with Crippen LogP contribution >= 0.6 is 0 Å². The summed E-state index contributed by atoms with van der Waals surface area (Å²) in [6.45, 7) is 3.70. The fourth-order valence-corrected chi connectivity index (χ4v) is 4.49. The summed E-state index contributed by atoms with van der Waals surface area (Å²) >= 11 is 0. The summed E-state index contributed by atoms with van der Waals surface area (Å²) in [7, 11) is 0. The largest absolute Gasteiger partial charge is 0.422 e. The van der Waals surface area contributed by atoms with Crippen LogP contribution in [0.5, 0.6) is 0 Å². The summed E-state index contributed by atoms with van der Waals surface area (Å²) in [5.74, 6) is -0.373. The van der Waals surface area contributed by atoms with Gasteiger partial charge in [0.2, 0.25) is 5.95 Å². The number of likely N-dealkylation sites (tertiary alicyclic amines) is 1. The van der Waals surface area contributed by atoms with E-state index in [0.29, 0.717) is 48.0 Å². The number of carbonyl (C=O) groups is 2. The van der Waals surface area contributed by atoms with Crippen molar-refractivity contribution in [3.8, 4) is 0 Å². The van der Waals surface area contributed by atoms with E-state index in [1.807, 2.05) is 13.0 Å². The number of likely N-dealkylation sites (N-methyl/N-ethyl adjacent to an activating group) is 1. The minimum atomic E-state index is -0.585. The summed E-state index contributed by atoms with van der Waals surface area (Å²) in [5, 5.41) is 0. The fraction of sp³-hybridized carbons (Fsp3) is 0.231. The van der Waals surface area contributed by atoms with E-state index >= 15 is 0 Å². The molecule has 8 heteroatoms. The first-order valence-electron chi connectivity index (χ1n) is 11.2. The summed E-state index contributed by atoms with van der Waals surface area (Å²) in [4.78, 5) is 37.7. The van der Waals surface area contributed by atoms with Crippen LogP contribution in [-0.4, -0.2) is 52.4 Å². The van der Waals surface area contributed by atoms with Crippen LogP contribution in [0.1, 0.15) is 45.2 Å². The lowest BCUT2D eigenvalue weighted by molar-refractivity contribution is 0.0716. The Balaban J connectivity index is 1.36. The number of rotatable bonds is 5. The molecule has 0 aliphatic carbocycles. The van der Waals surface area contributed by atoms with Gasteiger partial charge in [-0.05, 0) is 49.2 Å².